The summed E-state index contributed by atoms with van der Waals surface area (Å²) in [7, 11) is 0. The van der Waals surface area contributed by atoms with Crippen LogP contribution in [0.25, 0.3) is 0 Å². The lowest BCUT2D eigenvalue weighted by Crippen LogP contribution is -2.27. The van der Waals surface area contributed by atoms with Crippen LogP contribution in [-0.4, -0.2) is 5.91 Å². The van der Waals surface area contributed by atoms with Gasteiger partial charge < -0.3 is 5.32 Å². The molecule has 0 aliphatic heterocycles. The molecule has 2 rings (SSSR count). The summed E-state index contributed by atoms with van der Waals surface area (Å²) in [6.45, 7) is 2.24. The average Bonchev–Trinajstić information content (AvgIpc) is 2.48. The highest BCUT2D eigenvalue weighted by Gasteiger charge is 2.26. The Morgan fingerprint density at radius 2 is 2.05 bits per heavy atom. The fraction of sp³-hybridized carbons (Fsp3) is 0.588. The molecule has 0 atom stereocenters. The Kier molecular flexibility index (Phi) is 6.56. The molecule has 1 amide bonds. The molecule has 1 aromatic carbocycles. The van der Waals surface area contributed by atoms with Crippen LogP contribution >= 0.6 is 27.5 Å². The predicted molar refractivity (Wildman–Crippen MR) is 92.8 cm³/mol. The zero-order chi connectivity index (χ0) is 15.2. The number of nitrogens with one attached hydrogen (secondary N) is 1. The van der Waals surface area contributed by atoms with Crippen LogP contribution < -0.4 is 5.32 Å². The third-order valence-corrected chi connectivity index (χ3v) is 5.18. The minimum atomic E-state index is 0.119. The van der Waals surface area contributed by atoms with E-state index < -0.39 is 0 Å². The van der Waals surface area contributed by atoms with Crippen LogP contribution in [0.15, 0.2) is 22.7 Å². The molecule has 1 fully saturated rings. The molecule has 0 saturated heterocycles. The largest absolute Gasteiger partial charge is 0.325 e. The first-order valence-corrected chi connectivity index (χ1v) is 9.03. The first-order valence-electron chi connectivity index (χ1n) is 7.86. The molecular formula is C17H23BrClNO. The molecule has 0 aromatic heterocycles. The zero-order valence-electron chi connectivity index (χ0n) is 12.5. The minimum Gasteiger partial charge on any atom is -0.325 e. The molecule has 4 heteroatoms. The molecule has 0 bridgehead atoms. The van der Waals surface area contributed by atoms with Gasteiger partial charge in [-0.2, -0.15) is 0 Å². The van der Waals surface area contributed by atoms with E-state index in [1.165, 1.54) is 32.1 Å². The van der Waals surface area contributed by atoms with Crippen molar-refractivity contribution in [3.63, 3.8) is 0 Å². The number of unbranched alkanes of at least 4 members (excludes halogenated alkanes) is 1. The lowest BCUT2D eigenvalue weighted by molar-refractivity contribution is -0.121. The molecule has 0 unspecified atom stereocenters. The van der Waals surface area contributed by atoms with Gasteiger partial charge in [-0.1, -0.05) is 53.7 Å². The number of hydrogen-bond acceptors (Lipinski definition) is 1. The Morgan fingerprint density at radius 3 is 2.67 bits per heavy atom. The lowest BCUT2D eigenvalue weighted by Gasteiger charge is -2.27. The summed E-state index contributed by atoms with van der Waals surface area (Å²) in [4.78, 5) is 12.3. The Balaban J connectivity index is 1.84. The molecule has 2 nitrogen and oxygen atoms in total. The maximum Gasteiger partial charge on any atom is 0.227 e. The van der Waals surface area contributed by atoms with Gasteiger partial charge in [0.25, 0.3) is 0 Å². The SMILES string of the molecule is CCCCC1CCC(C(=O)Nc2ccc(Br)cc2Cl)CC1. The maximum absolute atomic E-state index is 12.3. The summed E-state index contributed by atoms with van der Waals surface area (Å²) in [6.07, 6.45) is 8.29. The number of hydrogen-bond donors (Lipinski definition) is 1. The van der Waals surface area contributed by atoms with Crippen molar-refractivity contribution in [1.29, 1.82) is 0 Å². The van der Waals surface area contributed by atoms with Crippen molar-refractivity contribution in [3.05, 3.63) is 27.7 Å². The van der Waals surface area contributed by atoms with Gasteiger partial charge in [0.05, 0.1) is 10.7 Å². The maximum atomic E-state index is 12.3. The van der Waals surface area contributed by atoms with Gasteiger partial charge in [-0.25, -0.2) is 0 Å². The van der Waals surface area contributed by atoms with Crippen molar-refractivity contribution in [2.45, 2.75) is 51.9 Å². The summed E-state index contributed by atoms with van der Waals surface area (Å²) in [6, 6.07) is 5.54. The highest BCUT2D eigenvalue weighted by Crippen LogP contribution is 2.33. The van der Waals surface area contributed by atoms with Gasteiger partial charge in [0.1, 0.15) is 0 Å². The smallest absolute Gasteiger partial charge is 0.227 e. The third-order valence-electron chi connectivity index (χ3n) is 4.37. The van der Waals surface area contributed by atoms with Gasteiger partial charge >= 0.3 is 0 Å². The molecule has 1 aliphatic carbocycles. The van der Waals surface area contributed by atoms with Crippen LogP contribution in [0.2, 0.25) is 5.02 Å². The molecule has 21 heavy (non-hydrogen) atoms. The summed E-state index contributed by atoms with van der Waals surface area (Å²) in [5.41, 5.74) is 0.706. The monoisotopic (exact) mass is 371 g/mol. The topological polar surface area (TPSA) is 29.1 Å². The van der Waals surface area contributed by atoms with Gasteiger partial charge in [-0.15, -0.1) is 0 Å². The highest BCUT2D eigenvalue weighted by atomic mass is 79.9. The number of anilines is 1. The zero-order valence-corrected chi connectivity index (χ0v) is 14.8. The van der Waals surface area contributed by atoms with Gasteiger partial charge in [0.15, 0.2) is 0 Å². The Morgan fingerprint density at radius 1 is 1.33 bits per heavy atom. The fourth-order valence-corrected chi connectivity index (χ4v) is 3.75. The van der Waals surface area contributed by atoms with Gasteiger partial charge in [0.2, 0.25) is 5.91 Å². The van der Waals surface area contributed by atoms with E-state index in [9.17, 15) is 4.79 Å². The Labute approximate surface area is 140 Å². The van der Waals surface area contributed by atoms with Crippen molar-refractivity contribution in [2.24, 2.45) is 11.8 Å². The van der Waals surface area contributed by atoms with E-state index in [1.54, 1.807) is 6.07 Å². The van der Waals surface area contributed by atoms with E-state index in [0.717, 1.165) is 23.2 Å². The molecule has 0 radical (unpaired) electrons. The van der Waals surface area contributed by atoms with Crippen molar-refractivity contribution in [3.8, 4) is 0 Å². The van der Waals surface area contributed by atoms with Crippen molar-refractivity contribution < 1.29 is 4.79 Å². The second-order valence-corrected chi connectivity index (χ2v) is 7.30. The first kappa shape index (κ1) is 16.8. The standard InChI is InChI=1S/C17H23BrClNO/c1-2-3-4-12-5-7-13(8-6-12)17(21)20-16-10-9-14(18)11-15(16)19/h9-13H,2-8H2,1H3,(H,20,21). The number of benzene rings is 1. The van der Waals surface area contributed by atoms with Gasteiger partial charge in [0, 0.05) is 10.4 Å². The fourth-order valence-electron chi connectivity index (χ4n) is 3.03. The number of halogens is 2. The molecule has 1 saturated carbocycles. The third kappa shape index (κ3) is 5.00. The lowest BCUT2D eigenvalue weighted by atomic mass is 9.79. The van der Waals surface area contributed by atoms with E-state index in [4.69, 9.17) is 11.6 Å². The molecule has 0 heterocycles. The summed E-state index contributed by atoms with van der Waals surface area (Å²) >= 11 is 9.52. The molecule has 1 aliphatic rings. The molecule has 1 N–H and O–H groups in total. The number of carbonyl (C=O) groups excluding carboxylic acids is 1. The van der Waals surface area contributed by atoms with Crippen LogP contribution in [-0.2, 0) is 4.79 Å². The van der Waals surface area contributed by atoms with Crippen molar-refractivity contribution in [2.75, 3.05) is 5.32 Å². The minimum absolute atomic E-state index is 0.119. The molecule has 1 aromatic rings. The van der Waals surface area contributed by atoms with Gasteiger partial charge in [-0.3, -0.25) is 4.79 Å². The van der Waals surface area contributed by atoms with Crippen molar-refractivity contribution in [1.82, 2.24) is 0 Å². The van der Waals surface area contributed by atoms with E-state index in [-0.39, 0.29) is 11.8 Å². The second kappa shape index (κ2) is 8.19. The summed E-state index contributed by atoms with van der Waals surface area (Å²) < 4.78 is 0.918. The van der Waals surface area contributed by atoms with E-state index in [1.807, 2.05) is 12.1 Å². The molecular weight excluding hydrogens is 350 g/mol. The average molecular weight is 373 g/mol. The summed E-state index contributed by atoms with van der Waals surface area (Å²) in [5, 5.41) is 3.55. The number of amides is 1. The van der Waals surface area contributed by atoms with E-state index >= 15 is 0 Å². The normalized spacial score (nSPS) is 22.0. The molecule has 0 spiro atoms. The van der Waals surface area contributed by atoms with Gasteiger partial charge in [-0.05, 0) is 49.8 Å². The number of carbonyl (C=O) groups is 1. The highest BCUT2D eigenvalue weighted by molar-refractivity contribution is 9.10. The van der Waals surface area contributed by atoms with Crippen LogP contribution in [0.1, 0.15) is 51.9 Å². The Hall–Kier alpha value is -0.540. The predicted octanol–water partition coefficient (Wildman–Crippen LogP) is 6.04. The van der Waals surface area contributed by atoms with E-state index in [0.29, 0.717) is 10.7 Å². The Bertz CT molecular complexity index is 484. The van der Waals surface area contributed by atoms with Crippen LogP contribution in [0.3, 0.4) is 0 Å². The van der Waals surface area contributed by atoms with Crippen LogP contribution in [0.4, 0.5) is 5.69 Å². The first-order chi connectivity index (χ1) is 10.1. The van der Waals surface area contributed by atoms with E-state index in [2.05, 4.69) is 28.2 Å². The summed E-state index contributed by atoms with van der Waals surface area (Å²) in [5.74, 6) is 1.08. The van der Waals surface area contributed by atoms with Crippen LogP contribution in [0, 0.1) is 11.8 Å². The second-order valence-electron chi connectivity index (χ2n) is 5.97. The molecule has 116 valence electrons. The van der Waals surface area contributed by atoms with Crippen LogP contribution in [0.5, 0.6) is 0 Å². The number of rotatable bonds is 5. The quantitative estimate of drug-likeness (QED) is 0.671. The van der Waals surface area contributed by atoms with Crippen molar-refractivity contribution >= 4 is 39.1 Å².